The molecule has 150 valence electrons. The van der Waals surface area contributed by atoms with Gasteiger partial charge in [-0.05, 0) is 41.5 Å². The molecule has 1 aromatic carbocycles. The quantitative estimate of drug-likeness (QED) is 0.553. The van der Waals surface area contributed by atoms with Gasteiger partial charge in [-0.1, -0.05) is 18.2 Å². The second-order valence-corrected chi connectivity index (χ2v) is 7.67. The Morgan fingerprint density at radius 1 is 1.25 bits per heavy atom. The van der Waals surface area contributed by atoms with Gasteiger partial charge in [0.2, 0.25) is 5.91 Å². The number of hydrogen-bond donors (Lipinski definition) is 2. The summed E-state index contributed by atoms with van der Waals surface area (Å²) < 4.78 is 5.38. The number of carbonyl (C=O) groups excluding carboxylic acids is 1. The van der Waals surface area contributed by atoms with Crippen LogP contribution in [-0.2, 0) is 24.2 Å². The van der Waals surface area contributed by atoms with E-state index in [1.807, 2.05) is 23.1 Å². The summed E-state index contributed by atoms with van der Waals surface area (Å²) in [7, 11) is 3.42. The number of methoxy groups -OCH3 is 1. The number of hydrogen-bond acceptors (Lipinski definition) is 4. The number of amides is 1. The van der Waals surface area contributed by atoms with Gasteiger partial charge in [-0.3, -0.25) is 9.79 Å². The summed E-state index contributed by atoms with van der Waals surface area (Å²) in [4.78, 5) is 20.1. The fourth-order valence-electron chi connectivity index (χ4n) is 3.35. The van der Waals surface area contributed by atoms with Crippen LogP contribution in [0.2, 0.25) is 0 Å². The lowest BCUT2D eigenvalue weighted by Gasteiger charge is -2.27. The molecule has 0 atom stereocenters. The molecule has 1 aromatic heterocycles. The van der Waals surface area contributed by atoms with Crippen molar-refractivity contribution in [3.05, 3.63) is 51.7 Å². The van der Waals surface area contributed by atoms with E-state index in [0.717, 1.165) is 43.8 Å². The highest BCUT2D eigenvalue weighted by Gasteiger charge is 2.20. The molecule has 2 N–H and O–H groups in total. The highest BCUT2D eigenvalue weighted by Crippen LogP contribution is 2.24. The van der Waals surface area contributed by atoms with Crippen molar-refractivity contribution in [1.29, 1.82) is 0 Å². The molecule has 0 unspecified atom stereocenters. The monoisotopic (exact) mass is 400 g/mol. The molecular weight excluding hydrogens is 372 g/mol. The van der Waals surface area contributed by atoms with Crippen molar-refractivity contribution in [2.45, 2.75) is 25.8 Å². The van der Waals surface area contributed by atoms with Gasteiger partial charge < -0.3 is 20.3 Å². The Morgan fingerprint density at radius 3 is 2.89 bits per heavy atom. The molecular formula is C21H28N4O2S. The highest BCUT2D eigenvalue weighted by molar-refractivity contribution is 7.10. The molecule has 2 aromatic rings. The normalized spacial score (nSPS) is 13.8. The standard InChI is InChI=1S/C21H28N4O2S/c1-22-21(23-11-7-16-5-3-4-6-18(16)27-2)24-12-8-20(26)25-13-9-19-17(15-25)10-14-28-19/h3-6,10,14H,7-9,11-13,15H2,1-2H3,(H2,22,23,24). The van der Waals surface area contributed by atoms with Crippen LogP contribution in [0.3, 0.4) is 0 Å². The first-order valence-corrected chi connectivity index (χ1v) is 10.5. The van der Waals surface area contributed by atoms with Crippen LogP contribution in [-0.4, -0.2) is 50.6 Å². The first-order valence-electron chi connectivity index (χ1n) is 9.60. The van der Waals surface area contributed by atoms with Crippen LogP contribution in [0.15, 0.2) is 40.7 Å². The Kier molecular flexibility index (Phi) is 7.31. The van der Waals surface area contributed by atoms with Gasteiger partial charge in [0, 0.05) is 44.5 Å². The molecule has 1 aliphatic rings. The van der Waals surface area contributed by atoms with Crippen molar-refractivity contribution in [3.63, 3.8) is 0 Å². The highest BCUT2D eigenvalue weighted by atomic mass is 32.1. The van der Waals surface area contributed by atoms with Crippen LogP contribution < -0.4 is 15.4 Å². The minimum atomic E-state index is 0.189. The summed E-state index contributed by atoms with van der Waals surface area (Å²) in [5.74, 6) is 1.79. The van der Waals surface area contributed by atoms with Gasteiger partial charge in [0.05, 0.1) is 7.11 Å². The molecule has 0 bridgehead atoms. The van der Waals surface area contributed by atoms with Crippen LogP contribution in [0.4, 0.5) is 0 Å². The van der Waals surface area contributed by atoms with E-state index in [2.05, 4.69) is 33.1 Å². The third-order valence-electron chi connectivity index (χ3n) is 4.89. The molecule has 0 aliphatic carbocycles. The molecule has 1 aliphatic heterocycles. The smallest absolute Gasteiger partial charge is 0.224 e. The van der Waals surface area contributed by atoms with Crippen molar-refractivity contribution in [1.82, 2.24) is 15.5 Å². The number of rotatable bonds is 7. The second kappa shape index (κ2) is 10.1. The van der Waals surface area contributed by atoms with Gasteiger partial charge >= 0.3 is 0 Å². The Hall–Kier alpha value is -2.54. The van der Waals surface area contributed by atoms with E-state index < -0.39 is 0 Å². The summed E-state index contributed by atoms with van der Waals surface area (Å²) >= 11 is 1.79. The van der Waals surface area contributed by atoms with Gasteiger partial charge in [0.1, 0.15) is 5.75 Å². The molecule has 1 amide bonds. The number of guanidine groups is 1. The number of nitrogens with one attached hydrogen (secondary N) is 2. The lowest BCUT2D eigenvalue weighted by molar-refractivity contribution is -0.131. The maximum atomic E-state index is 12.5. The Bertz CT molecular complexity index is 818. The van der Waals surface area contributed by atoms with Gasteiger partial charge in [-0.15, -0.1) is 11.3 Å². The van der Waals surface area contributed by atoms with Crippen molar-refractivity contribution in [2.75, 3.05) is 33.8 Å². The van der Waals surface area contributed by atoms with Crippen molar-refractivity contribution < 1.29 is 9.53 Å². The first-order chi connectivity index (χ1) is 13.7. The topological polar surface area (TPSA) is 66.0 Å². The minimum absolute atomic E-state index is 0.189. The summed E-state index contributed by atoms with van der Waals surface area (Å²) in [6, 6.07) is 10.1. The van der Waals surface area contributed by atoms with Crippen LogP contribution >= 0.6 is 11.3 Å². The molecule has 0 saturated heterocycles. The number of fused-ring (bicyclic) bond motifs is 1. The maximum absolute atomic E-state index is 12.5. The number of thiophene rings is 1. The summed E-state index contributed by atoms with van der Waals surface area (Å²) in [5.41, 5.74) is 2.45. The van der Waals surface area contributed by atoms with Crippen LogP contribution in [0.1, 0.15) is 22.4 Å². The third kappa shape index (κ3) is 5.25. The average molecular weight is 401 g/mol. The summed E-state index contributed by atoms with van der Waals surface area (Å²) in [6.45, 7) is 2.86. The molecule has 28 heavy (non-hydrogen) atoms. The Morgan fingerprint density at radius 2 is 2.07 bits per heavy atom. The van der Waals surface area contributed by atoms with E-state index in [0.29, 0.717) is 18.9 Å². The number of benzene rings is 1. The molecule has 2 heterocycles. The molecule has 3 rings (SSSR count). The molecule has 0 spiro atoms. The van der Waals surface area contributed by atoms with Crippen LogP contribution in [0.25, 0.3) is 0 Å². The van der Waals surface area contributed by atoms with Crippen molar-refractivity contribution in [2.24, 2.45) is 4.99 Å². The number of para-hydroxylation sites is 1. The molecule has 0 saturated carbocycles. The number of ether oxygens (including phenoxy) is 1. The van der Waals surface area contributed by atoms with E-state index in [4.69, 9.17) is 4.74 Å². The first kappa shape index (κ1) is 20.2. The zero-order chi connectivity index (χ0) is 19.8. The fourth-order valence-corrected chi connectivity index (χ4v) is 4.24. The SMILES string of the molecule is CN=C(NCCC(=O)N1CCc2sccc2C1)NCCc1ccccc1OC. The van der Waals surface area contributed by atoms with Crippen LogP contribution in [0, 0.1) is 0 Å². The van der Waals surface area contributed by atoms with E-state index in [-0.39, 0.29) is 5.91 Å². The van der Waals surface area contributed by atoms with Crippen molar-refractivity contribution in [3.8, 4) is 5.75 Å². The van der Waals surface area contributed by atoms with Crippen LogP contribution in [0.5, 0.6) is 5.75 Å². The maximum Gasteiger partial charge on any atom is 0.224 e. The van der Waals surface area contributed by atoms with Crippen molar-refractivity contribution >= 4 is 23.2 Å². The van der Waals surface area contributed by atoms with E-state index in [9.17, 15) is 4.79 Å². The van der Waals surface area contributed by atoms with Gasteiger partial charge in [0.25, 0.3) is 0 Å². The third-order valence-corrected chi connectivity index (χ3v) is 5.92. The Labute approximate surface area is 170 Å². The Balaban J connectivity index is 1.38. The molecule has 6 nitrogen and oxygen atoms in total. The average Bonchev–Trinajstić information content (AvgIpc) is 3.20. The molecule has 0 fully saturated rings. The number of aliphatic imine (C=N–C) groups is 1. The fraction of sp³-hybridized carbons (Fsp3) is 0.429. The second-order valence-electron chi connectivity index (χ2n) is 6.67. The lowest BCUT2D eigenvalue weighted by atomic mass is 10.1. The zero-order valence-corrected chi connectivity index (χ0v) is 17.3. The van der Waals surface area contributed by atoms with Gasteiger partial charge in [0.15, 0.2) is 5.96 Å². The summed E-state index contributed by atoms with van der Waals surface area (Å²) in [6.07, 6.45) is 2.27. The summed E-state index contributed by atoms with van der Waals surface area (Å²) in [5, 5.41) is 8.63. The van der Waals surface area contributed by atoms with Gasteiger partial charge in [-0.25, -0.2) is 0 Å². The predicted molar refractivity (Wildman–Crippen MR) is 114 cm³/mol. The van der Waals surface area contributed by atoms with E-state index in [1.165, 1.54) is 10.4 Å². The minimum Gasteiger partial charge on any atom is -0.496 e. The van der Waals surface area contributed by atoms with E-state index in [1.54, 1.807) is 25.5 Å². The largest absolute Gasteiger partial charge is 0.496 e. The predicted octanol–water partition coefficient (Wildman–Crippen LogP) is 2.44. The molecule has 0 radical (unpaired) electrons. The zero-order valence-electron chi connectivity index (χ0n) is 16.5. The van der Waals surface area contributed by atoms with E-state index >= 15 is 0 Å². The van der Waals surface area contributed by atoms with Gasteiger partial charge in [-0.2, -0.15) is 0 Å². The lowest BCUT2D eigenvalue weighted by Crippen LogP contribution is -2.41. The molecule has 7 heteroatoms. The number of carbonyl (C=O) groups is 1. The number of nitrogens with zero attached hydrogens (tertiary/aromatic N) is 2.